The normalized spacial score (nSPS) is 12.2. The zero-order valence-corrected chi connectivity index (χ0v) is 15.9. The molecule has 0 unspecified atom stereocenters. The Morgan fingerprint density at radius 2 is 1.93 bits per heavy atom. The number of hydrogen-bond donors (Lipinski definition) is 2. The molecule has 0 aliphatic carbocycles. The Hall–Kier alpha value is -2.48. The molecular weight excluding hydrogens is 371 g/mol. The monoisotopic (exact) mass is 397 g/mol. The third-order valence-electron chi connectivity index (χ3n) is 3.99. The lowest BCUT2D eigenvalue weighted by atomic mass is 10.1. The summed E-state index contributed by atoms with van der Waals surface area (Å²) in [5.41, 5.74) is -0.165. The summed E-state index contributed by atoms with van der Waals surface area (Å²) in [6, 6.07) is 8.94. The first-order valence-corrected chi connectivity index (χ1v) is 9.18. The molecule has 5 nitrogen and oxygen atoms in total. The first-order chi connectivity index (χ1) is 13.5. The van der Waals surface area contributed by atoms with E-state index in [4.69, 9.17) is 9.15 Å². The van der Waals surface area contributed by atoms with Crippen LogP contribution in [0.25, 0.3) is 0 Å². The van der Waals surface area contributed by atoms with E-state index in [9.17, 15) is 13.2 Å². The molecule has 0 radical (unpaired) electrons. The fraction of sp³-hybridized carbons (Fsp3) is 0.450. The summed E-state index contributed by atoms with van der Waals surface area (Å²) < 4.78 is 48.9. The lowest BCUT2D eigenvalue weighted by molar-refractivity contribution is -0.137. The number of alkyl halides is 3. The first-order valence-electron chi connectivity index (χ1n) is 9.18. The number of unbranched alkanes of at least 4 members (excludes halogenated alkanes) is 1. The van der Waals surface area contributed by atoms with Crippen LogP contribution in [0.2, 0.25) is 0 Å². The van der Waals surface area contributed by atoms with E-state index in [2.05, 4.69) is 15.6 Å². The van der Waals surface area contributed by atoms with E-state index < -0.39 is 11.7 Å². The van der Waals surface area contributed by atoms with Crippen LogP contribution in [0.3, 0.4) is 0 Å². The molecule has 0 saturated carbocycles. The molecule has 28 heavy (non-hydrogen) atoms. The van der Waals surface area contributed by atoms with Gasteiger partial charge >= 0.3 is 6.18 Å². The Morgan fingerprint density at radius 1 is 1.11 bits per heavy atom. The molecule has 0 bridgehead atoms. The highest BCUT2D eigenvalue weighted by Crippen LogP contribution is 2.29. The van der Waals surface area contributed by atoms with Gasteiger partial charge in [0.25, 0.3) is 0 Å². The topological polar surface area (TPSA) is 58.8 Å². The zero-order valence-electron chi connectivity index (χ0n) is 15.9. The second kappa shape index (κ2) is 11.4. The van der Waals surface area contributed by atoms with Gasteiger partial charge in [-0.3, -0.25) is 0 Å². The maximum absolute atomic E-state index is 12.9. The quantitative estimate of drug-likeness (QED) is 0.361. The fourth-order valence-electron chi connectivity index (χ4n) is 2.53. The molecule has 1 aromatic carbocycles. The average molecular weight is 397 g/mol. The van der Waals surface area contributed by atoms with Crippen LogP contribution < -0.4 is 10.6 Å². The van der Waals surface area contributed by atoms with Gasteiger partial charge in [-0.25, -0.2) is 4.99 Å². The minimum atomic E-state index is -4.36. The maximum atomic E-state index is 12.9. The van der Waals surface area contributed by atoms with Crippen LogP contribution in [0.1, 0.15) is 29.7 Å². The Kier molecular flexibility index (Phi) is 8.87. The van der Waals surface area contributed by atoms with Crippen LogP contribution in [-0.4, -0.2) is 32.8 Å². The highest BCUT2D eigenvalue weighted by Gasteiger charge is 2.30. The first kappa shape index (κ1) is 21.8. The number of nitrogens with one attached hydrogen (secondary N) is 2. The van der Waals surface area contributed by atoms with E-state index in [1.54, 1.807) is 19.4 Å². The van der Waals surface area contributed by atoms with Crippen molar-refractivity contribution in [1.29, 1.82) is 0 Å². The summed E-state index contributed by atoms with van der Waals surface area (Å²) in [7, 11) is 1.66. The van der Waals surface area contributed by atoms with Crippen molar-refractivity contribution in [3.05, 3.63) is 59.5 Å². The summed E-state index contributed by atoms with van der Waals surface area (Å²) in [6.07, 6.45) is -0.247. The Bertz CT molecular complexity index is 716. The van der Waals surface area contributed by atoms with Crippen LogP contribution in [0.15, 0.2) is 52.1 Å². The van der Waals surface area contributed by atoms with E-state index in [1.807, 2.05) is 12.1 Å². The highest BCUT2D eigenvalue weighted by molar-refractivity contribution is 5.79. The molecule has 2 rings (SSSR count). The van der Waals surface area contributed by atoms with E-state index in [0.717, 1.165) is 30.7 Å². The predicted molar refractivity (Wildman–Crippen MR) is 102 cm³/mol. The van der Waals surface area contributed by atoms with Gasteiger partial charge in [0.05, 0.1) is 18.4 Å². The molecular formula is C20H26F3N3O2. The molecule has 1 heterocycles. The average Bonchev–Trinajstić information content (AvgIpc) is 3.18. The zero-order chi connectivity index (χ0) is 20.2. The number of nitrogens with zero attached hydrogens (tertiary/aromatic N) is 1. The van der Waals surface area contributed by atoms with Gasteiger partial charge in [0.2, 0.25) is 0 Å². The third kappa shape index (κ3) is 8.04. The lowest BCUT2D eigenvalue weighted by Gasteiger charge is -2.13. The molecule has 154 valence electrons. The van der Waals surface area contributed by atoms with Gasteiger partial charge < -0.3 is 19.8 Å². The molecule has 8 heteroatoms. The maximum Gasteiger partial charge on any atom is 0.416 e. The van der Waals surface area contributed by atoms with E-state index in [0.29, 0.717) is 37.6 Å². The van der Waals surface area contributed by atoms with E-state index in [-0.39, 0.29) is 6.54 Å². The van der Waals surface area contributed by atoms with Crippen LogP contribution >= 0.6 is 0 Å². The molecule has 1 aromatic heterocycles. The molecule has 2 aromatic rings. The number of benzene rings is 1. The number of halogens is 3. The SMILES string of the molecule is COCCCCNC(=NCc1cccc(C(F)(F)F)c1)NCCc1ccco1. The summed E-state index contributed by atoms with van der Waals surface area (Å²) in [6.45, 7) is 2.13. The van der Waals surface area contributed by atoms with Crippen molar-refractivity contribution in [3.63, 3.8) is 0 Å². The molecule has 0 atom stereocenters. The number of rotatable bonds is 10. The van der Waals surface area contributed by atoms with Crippen LogP contribution in [0.4, 0.5) is 13.2 Å². The van der Waals surface area contributed by atoms with Crippen molar-refractivity contribution in [2.75, 3.05) is 26.8 Å². The number of ether oxygens (including phenoxy) is 1. The minimum Gasteiger partial charge on any atom is -0.469 e. The third-order valence-corrected chi connectivity index (χ3v) is 3.99. The van der Waals surface area contributed by atoms with Crippen LogP contribution in [-0.2, 0) is 23.9 Å². The Labute approximate surface area is 163 Å². The van der Waals surface area contributed by atoms with E-state index >= 15 is 0 Å². The summed E-state index contributed by atoms with van der Waals surface area (Å²) >= 11 is 0. The second-order valence-corrected chi connectivity index (χ2v) is 6.25. The standard InChI is InChI=1S/C20H26F3N3O2/c1-27-12-3-2-10-24-19(25-11-9-18-8-5-13-28-18)26-15-16-6-4-7-17(14-16)20(21,22)23/h4-8,13-14H,2-3,9-12,15H2,1H3,(H2,24,25,26). The van der Waals surface area contributed by atoms with Gasteiger partial charge in [0.15, 0.2) is 5.96 Å². The largest absolute Gasteiger partial charge is 0.469 e. The molecule has 0 spiro atoms. The molecule has 0 aliphatic heterocycles. The second-order valence-electron chi connectivity index (χ2n) is 6.25. The number of aliphatic imine (C=N–C) groups is 1. The molecule has 0 amide bonds. The van der Waals surface area contributed by atoms with Gasteiger partial charge in [0.1, 0.15) is 5.76 Å². The molecule has 0 saturated heterocycles. The number of furan rings is 1. The van der Waals surface area contributed by atoms with Gasteiger partial charge in [-0.2, -0.15) is 13.2 Å². The molecule has 0 aliphatic rings. The molecule has 2 N–H and O–H groups in total. The van der Waals surface area contributed by atoms with Gasteiger partial charge in [-0.05, 0) is 42.7 Å². The number of hydrogen-bond acceptors (Lipinski definition) is 3. The van der Waals surface area contributed by atoms with E-state index in [1.165, 1.54) is 6.07 Å². The minimum absolute atomic E-state index is 0.151. The summed E-state index contributed by atoms with van der Waals surface area (Å²) in [5, 5.41) is 6.39. The Morgan fingerprint density at radius 3 is 2.64 bits per heavy atom. The molecule has 0 fully saturated rings. The van der Waals surface area contributed by atoms with Gasteiger partial charge in [-0.1, -0.05) is 12.1 Å². The van der Waals surface area contributed by atoms with Crippen molar-refractivity contribution >= 4 is 5.96 Å². The summed E-state index contributed by atoms with van der Waals surface area (Å²) in [4.78, 5) is 4.42. The van der Waals surface area contributed by atoms with Crippen molar-refractivity contribution in [1.82, 2.24) is 10.6 Å². The fourth-order valence-corrected chi connectivity index (χ4v) is 2.53. The number of methoxy groups -OCH3 is 1. The smallest absolute Gasteiger partial charge is 0.416 e. The van der Waals surface area contributed by atoms with Gasteiger partial charge in [-0.15, -0.1) is 0 Å². The van der Waals surface area contributed by atoms with Crippen molar-refractivity contribution in [2.45, 2.75) is 32.0 Å². The van der Waals surface area contributed by atoms with Crippen molar-refractivity contribution in [3.8, 4) is 0 Å². The van der Waals surface area contributed by atoms with Crippen LogP contribution in [0.5, 0.6) is 0 Å². The summed E-state index contributed by atoms with van der Waals surface area (Å²) in [5.74, 6) is 1.41. The highest BCUT2D eigenvalue weighted by atomic mass is 19.4. The predicted octanol–water partition coefficient (Wildman–Crippen LogP) is 4.00. The number of guanidine groups is 1. The van der Waals surface area contributed by atoms with Crippen molar-refractivity contribution in [2.24, 2.45) is 4.99 Å². The van der Waals surface area contributed by atoms with Crippen molar-refractivity contribution < 1.29 is 22.3 Å². The van der Waals surface area contributed by atoms with Gasteiger partial charge in [0, 0.05) is 33.2 Å². The van der Waals surface area contributed by atoms with Crippen LogP contribution in [0, 0.1) is 0 Å². The lowest BCUT2D eigenvalue weighted by Crippen LogP contribution is -2.39. The Balaban J connectivity index is 1.93.